The van der Waals surface area contributed by atoms with Crippen LogP contribution in [0.5, 0.6) is 0 Å². The average molecular weight is 340 g/mol. The zero-order valence-electron chi connectivity index (χ0n) is 13.5. The first-order valence-electron chi connectivity index (χ1n) is 8.22. The number of aromatic nitrogens is 2. The maximum absolute atomic E-state index is 12.1. The van der Waals surface area contributed by atoms with E-state index in [1.807, 2.05) is 5.38 Å². The minimum absolute atomic E-state index is 0.0129. The van der Waals surface area contributed by atoms with Crippen LogP contribution in [-0.2, 0) is 13.1 Å². The van der Waals surface area contributed by atoms with Crippen LogP contribution in [0.15, 0.2) is 52.8 Å². The van der Waals surface area contributed by atoms with Gasteiger partial charge >= 0.3 is 0 Å². The van der Waals surface area contributed by atoms with Gasteiger partial charge in [-0.3, -0.25) is 19.0 Å². The molecule has 1 saturated heterocycles. The molecule has 4 rings (SSSR count). The lowest BCUT2D eigenvalue weighted by Crippen LogP contribution is -2.45. The lowest BCUT2D eigenvalue weighted by atomic mass is 10.2. The topological polar surface area (TPSA) is 40.9 Å². The van der Waals surface area contributed by atoms with E-state index in [9.17, 15) is 4.79 Å². The van der Waals surface area contributed by atoms with Crippen molar-refractivity contribution in [1.82, 2.24) is 19.2 Å². The molecule has 24 heavy (non-hydrogen) atoms. The van der Waals surface area contributed by atoms with Crippen molar-refractivity contribution < 1.29 is 0 Å². The summed E-state index contributed by atoms with van der Waals surface area (Å²) in [5.74, 6) is 0. The molecule has 3 heterocycles. The fraction of sp³-hybridized carbons (Fsp3) is 0.333. The van der Waals surface area contributed by atoms with Gasteiger partial charge in [-0.2, -0.15) is 0 Å². The van der Waals surface area contributed by atoms with Gasteiger partial charge in [0.05, 0.1) is 5.69 Å². The van der Waals surface area contributed by atoms with Crippen LogP contribution in [0.25, 0.3) is 4.96 Å². The Morgan fingerprint density at radius 1 is 1.00 bits per heavy atom. The Hall–Kier alpha value is -2.02. The zero-order chi connectivity index (χ0) is 16.4. The van der Waals surface area contributed by atoms with Crippen LogP contribution in [0.1, 0.15) is 11.3 Å². The SMILES string of the molecule is O=c1cc(CN2CCN(Cc3ccccc3)CC2)nc2sccn12. The van der Waals surface area contributed by atoms with E-state index in [-0.39, 0.29) is 5.56 Å². The van der Waals surface area contributed by atoms with E-state index in [1.54, 1.807) is 16.7 Å². The highest BCUT2D eigenvalue weighted by Gasteiger charge is 2.18. The monoisotopic (exact) mass is 340 g/mol. The minimum Gasteiger partial charge on any atom is -0.297 e. The van der Waals surface area contributed by atoms with Crippen LogP contribution >= 0.6 is 11.3 Å². The fourth-order valence-electron chi connectivity index (χ4n) is 3.15. The number of nitrogens with zero attached hydrogens (tertiary/aromatic N) is 4. The highest BCUT2D eigenvalue weighted by Crippen LogP contribution is 2.12. The zero-order valence-corrected chi connectivity index (χ0v) is 14.3. The molecule has 1 aromatic carbocycles. The van der Waals surface area contributed by atoms with Gasteiger partial charge in [0, 0.05) is 56.9 Å². The van der Waals surface area contributed by atoms with Gasteiger partial charge in [0.15, 0.2) is 4.96 Å². The quantitative estimate of drug-likeness (QED) is 0.729. The number of hydrogen-bond donors (Lipinski definition) is 0. The van der Waals surface area contributed by atoms with Crippen LogP contribution in [0.4, 0.5) is 0 Å². The Bertz CT molecular complexity index is 865. The van der Waals surface area contributed by atoms with Gasteiger partial charge in [-0.25, -0.2) is 4.98 Å². The maximum atomic E-state index is 12.1. The fourth-order valence-corrected chi connectivity index (χ4v) is 3.88. The lowest BCUT2D eigenvalue weighted by Gasteiger charge is -2.34. The van der Waals surface area contributed by atoms with E-state index >= 15 is 0 Å². The summed E-state index contributed by atoms with van der Waals surface area (Å²) in [4.78, 5) is 22.3. The number of piperazine rings is 1. The summed E-state index contributed by atoms with van der Waals surface area (Å²) in [6.45, 7) is 5.89. The van der Waals surface area contributed by atoms with E-state index in [0.717, 1.165) is 49.9 Å². The highest BCUT2D eigenvalue weighted by molar-refractivity contribution is 7.15. The van der Waals surface area contributed by atoms with Crippen molar-refractivity contribution in [1.29, 1.82) is 0 Å². The average Bonchev–Trinajstić information content (AvgIpc) is 3.07. The molecule has 3 aromatic rings. The van der Waals surface area contributed by atoms with Gasteiger partial charge in [0.25, 0.3) is 5.56 Å². The summed E-state index contributed by atoms with van der Waals surface area (Å²) in [5.41, 5.74) is 2.25. The molecular weight excluding hydrogens is 320 g/mol. The third kappa shape index (κ3) is 3.40. The van der Waals surface area contributed by atoms with E-state index in [2.05, 4.69) is 45.1 Å². The Balaban J connectivity index is 1.36. The molecule has 0 atom stereocenters. The summed E-state index contributed by atoms with van der Waals surface area (Å²) in [6, 6.07) is 12.3. The molecule has 0 aliphatic carbocycles. The van der Waals surface area contributed by atoms with Gasteiger partial charge in [-0.1, -0.05) is 30.3 Å². The first-order valence-corrected chi connectivity index (χ1v) is 9.10. The normalized spacial score (nSPS) is 16.7. The number of benzene rings is 1. The van der Waals surface area contributed by atoms with E-state index < -0.39 is 0 Å². The van der Waals surface area contributed by atoms with Crippen LogP contribution in [-0.4, -0.2) is 45.4 Å². The molecule has 0 amide bonds. The van der Waals surface area contributed by atoms with Crippen LogP contribution in [0, 0.1) is 0 Å². The Morgan fingerprint density at radius 2 is 1.71 bits per heavy atom. The molecule has 1 aliphatic heterocycles. The molecule has 0 saturated carbocycles. The first kappa shape index (κ1) is 15.5. The second-order valence-corrected chi connectivity index (χ2v) is 7.05. The number of thiazole rings is 1. The third-order valence-corrected chi connectivity index (χ3v) is 5.21. The Morgan fingerprint density at radius 3 is 2.46 bits per heavy atom. The van der Waals surface area contributed by atoms with Gasteiger partial charge < -0.3 is 0 Å². The molecule has 1 fully saturated rings. The third-order valence-electron chi connectivity index (χ3n) is 4.46. The summed E-state index contributed by atoms with van der Waals surface area (Å²) in [7, 11) is 0. The van der Waals surface area contributed by atoms with Crippen LogP contribution in [0.3, 0.4) is 0 Å². The highest BCUT2D eigenvalue weighted by atomic mass is 32.1. The predicted molar refractivity (Wildman–Crippen MR) is 96.3 cm³/mol. The summed E-state index contributed by atoms with van der Waals surface area (Å²) >= 11 is 1.50. The van der Waals surface area contributed by atoms with Crippen molar-refractivity contribution in [3.05, 3.63) is 69.6 Å². The van der Waals surface area contributed by atoms with Crippen molar-refractivity contribution in [3.63, 3.8) is 0 Å². The van der Waals surface area contributed by atoms with Crippen molar-refractivity contribution in [2.45, 2.75) is 13.1 Å². The number of rotatable bonds is 4. The van der Waals surface area contributed by atoms with E-state index in [0.29, 0.717) is 0 Å². The van der Waals surface area contributed by atoms with Gasteiger partial charge in [0.1, 0.15) is 0 Å². The number of fused-ring (bicyclic) bond motifs is 1. The molecule has 0 N–H and O–H groups in total. The molecule has 0 unspecified atom stereocenters. The second-order valence-electron chi connectivity index (χ2n) is 6.18. The van der Waals surface area contributed by atoms with E-state index in [1.165, 1.54) is 16.9 Å². The van der Waals surface area contributed by atoms with E-state index in [4.69, 9.17) is 0 Å². The summed E-state index contributed by atoms with van der Waals surface area (Å²) in [5, 5.41) is 1.90. The Kier molecular flexibility index (Phi) is 4.42. The molecule has 6 heteroatoms. The standard InChI is InChI=1S/C18H20N4OS/c23-17-12-16(19-18-22(17)10-11-24-18)14-21-8-6-20(7-9-21)13-15-4-2-1-3-5-15/h1-5,10-12H,6-9,13-14H2. The first-order chi connectivity index (χ1) is 11.8. The smallest absolute Gasteiger partial charge is 0.258 e. The second kappa shape index (κ2) is 6.84. The molecule has 2 aromatic heterocycles. The molecule has 124 valence electrons. The molecule has 0 spiro atoms. The van der Waals surface area contributed by atoms with Crippen LogP contribution < -0.4 is 5.56 Å². The summed E-state index contributed by atoms with van der Waals surface area (Å²) < 4.78 is 1.60. The lowest BCUT2D eigenvalue weighted by molar-refractivity contribution is 0.121. The molecule has 0 bridgehead atoms. The summed E-state index contributed by atoms with van der Waals surface area (Å²) in [6.07, 6.45) is 1.78. The van der Waals surface area contributed by atoms with Gasteiger partial charge in [-0.05, 0) is 5.56 Å². The van der Waals surface area contributed by atoms with Gasteiger partial charge in [0.2, 0.25) is 0 Å². The maximum Gasteiger partial charge on any atom is 0.258 e. The minimum atomic E-state index is 0.0129. The van der Waals surface area contributed by atoms with Crippen molar-refractivity contribution in [2.24, 2.45) is 0 Å². The molecule has 0 radical (unpaired) electrons. The predicted octanol–water partition coefficient (Wildman–Crippen LogP) is 2.07. The Labute approximate surface area is 144 Å². The molecule has 5 nitrogen and oxygen atoms in total. The van der Waals surface area contributed by atoms with Gasteiger partial charge in [-0.15, -0.1) is 11.3 Å². The van der Waals surface area contributed by atoms with Crippen molar-refractivity contribution >= 4 is 16.3 Å². The molecule has 1 aliphatic rings. The molecular formula is C18H20N4OS. The van der Waals surface area contributed by atoms with Crippen molar-refractivity contribution in [3.8, 4) is 0 Å². The number of hydrogen-bond acceptors (Lipinski definition) is 5. The van der Waals surface area contributed by atoms with Crippen molar-refractivity contribution in [2.75, 3.05) is 26.2 Å². The largest absolute Gasteiger partial charge is 0.297 e. The van der Waals surface area contributed by atoms with Crippen LogP contribution in [0.2, 0.25) is 0 Å².